The van der Waals surface area contributed by atoms with Gasteiger partial charge in [-0.1, -0.05) is 30.3 Å². The Labute approximate surface area is 181 Å². The first-order valence-corrected chi connectivity index (χ1v) is 9.85. The molecule has 32 heavy (non-hydrogen) atoms. The van der Waals surface area contributed by atoms with Crippen molar-refractivity contribution in [2.45, 2.75) is 12.1 Å². The maximum atomic E-state index is 13.5. The summed E-state index contributed by atoms with van der Waals surface area (Å²) in [5.41, 5.74) is 0.852. The highest BCUT2D eigenvalue weighted by atomic mass is 19.1. The fourth-order valence-corrected chi connectivity index (χ4v) is 4.28. The van der Waals surface area contributed by atoms with Gasteiger partial charge in [0.15, 0.2) is 6.10 Å². The third-order valence-electron chi connectivity index (χ3n) is 5.66. The van der Waals surface area contributed by atoms with E-state index in [4.69, 9.17) is 4.84 Å². The van der Waals surface area contributed by atoms with Crippen LogP contribution in [0.25, 0.3) is 0 Å². The van der Waals surface area contributed by atoms with E-state index < -0.39 is 40.6 Å². The smallest absolute Gasteiger partial charge is 0.273 e. The summed E-state index contributed by atoms with van der Waals surface area (Å²) in [6, 6.07) is 18.9. The number of fused-ring (bicyclic) bond motifs is 1. The Morgan fingerprint density at radius 3 is 2.19 bits per heavy atom. The fraction of sp³-hybridized carbons (Fsp3) is 0.130. The molecule has 3 aromatic carbocycles. The second-order valence-electron chi connectivity index (χ2n) is 7.46. The molecule has 0 aromatic heterocycles. The van der Waals surface area contributed by atoms with Gasteiger partial charge in [-0.25, -0.2) is 14.4 Å². The van der Waals surface area contributed by atoms with E-state index in [9.17, 15) is 24.1 Å². The van der Waals surface area contributed by atoms with Gasteiger partial charge < -0.3 is 0 Å². The van der Waals surface area contributed by atoms with E-state index >= 15 is 0 Å². The number of hydrogen-bond acceptors (Lipinski definition) is 6. The Bertz CT molecular complexity index is 1220. The highest BCUT2D eigenvalue weighted by Gasteiger charge is 2.61. The van der Waals surface area contributed by atoms with Crippen molar-refractivity contribution in [1.82, 2.24) is 0 Å². The zero-order valence-corrected chi connectivity index (χ0v) is 16.5. The van der Waals surface area contributed by atoms with Crippen LogP contribution in [0.3, 0.4) is 0 Å². The van der Waals surface area contributed by atoms with Gasteiger partial charge in [0.05, 0.1) is 21.9 Å². The lowest BCUT2D eigenvalue weighted by molar-refractivity contribution is -0.385. The minimum Gasteiger partial charge on any atom is -0.273 e. The van der Waals surface area contributed by atoms with Crippen LogP contribution in [0.5, 0.6) is 0 Å². The molecule has 5 rings (SSSR count). The molecule has 2 saturated heterocycles. The Balaban J connectivity index is 1.63. The molecule has 0 aliphatic carbocycles. The first-order valence-electron chi connectivity index (χ1n) is 9.85. The van der Waals surface area contributed by atoms with Gasteiger partial charge in [0.2, 0.25) is 5.91 Å². The molecule has 3 unspecified atom stereocenters. The number of nitro benzene ring substituents is 1. The number of hydroxylamine groups is 1. The number of anilines is 2. The molecule has 2 aliphatic rings. The molecule has 9 heteroatoms. The van der Waals surface area contributed by atoms with Crippen molar-refractivity contribution < 1.29 is 23.7 Å². The summed E-state index contributed by atoms with van der Waals surface area (Å²) in [5.74, 6) is -2.69. The van der Waals surface area contributed by atoms with Crippen LogP contribution in [0.4, 0.5) is 21.5 Å². The van der Waals surface area contributed by atoms with Gasteiger partial charge >= 0.3 is 0 Å². The lowest BCUT2D eigenvalue weighted by Gasteiger charge is -2.28. The molecule has 2 aliphatic heterocycles. The van der Waals surface area contributed by atoms with Gasteiger partial charge in [-0.3, -0.25) is 24.5 Å². The summed E-state index contributed by atoms with van der Waals surface area (Å²) < 4.78 is 13.4. The van der Waals surface area contributed by atoms with E-state index in [2.05, 4.69) is 0 Å². The number of benzene rings is 3. The van der Waals surface area contributed by atoms with Crippen molar-refractivity contribution in [3.8, 4) is 0 Å². The van der Waals surface area contributed by atoms with Crippen molar-refractivity contribution in [2.75, 3.05) is 9.96 Å². The van der Waals surface area contributed by atoms with Crippen LogP contribution in [0, 0.1) is 21.8 Å². The SMILES string of the molecule is O=C1C2ON(c3ccccc3)C(c3ccccc3[N+](=O)[O-])C2C(=O)N1c1ccc(F)cc1. The van der Waals surface area contributed by atoms with Gasteiger partial charge in [-0.15, -0.1) is 0 Å². The van der Waals surface area contributed by atoms with E-state index in [1.807, 2.05) is 0 Å². The number of carbonyl (C=O) groups is 2. The maximum Gasteiger partial charge on any atom is 0.274 e. The van der Waals surface area contributed by atoms with E-state index in [1.54, 1.807) is 42.5 Å². The topological polar surface area (TPSA) is 93.0 Å². The number of nitro groups is 1. The Morgan fingerprint density at radius 2 is 1.50 bits per heavy atom. The van der Waals surface area contributed by atoms with Gasteiger partial charge in [-0.2, -0.15) is 0 Å². The molecule has 8 nitrogen and oxygen atoms in total. The summed E-state index contributed by atoms with van der Waals surface area (Å²) in [6.07, 6.45) is -1.17. The molecule has 3 aromatic rings. The average Bonchev–Trinajstić information content (AvgIpc) is 3.31. The molecule has 0 radical (unpaired) electrons. The van der Waals surface area contributed by atoms with Gasteiger partial charge in [0.1, 0.15) is 17.8 Å². The molecular weight excluding hydrogens is 417 g/mol. The molecule has 0 N–H and O–H groups in total. The van der Waals surface area contributed by atoms with E-state index in [0.29, 0.717) is 5.69 Å². The number of nitrogens with zero attached hydrogens (tertiary/aromatic N) is 3. The number of hydrogen-bond donors (Lipinski definition) is 0. The van der Waals surface area contributed by atoms with Crippen LogP contribution in [0.2, 0.25) is 0 Å². The highest BCUT2D eigenvalue weighted by Crippen LogP contribution is 2.49. The summed E-state index contributed by atoms with van der Waals surface area (Å²) in [4.78, 5) is 44.8. The zero-order chi connectivity index (χ0) is 22.4. The summed E-state index contributed by atoms with van der Waals surface area (Å²) in [5, 5.41) is 13.1. The molecule has 2 heterocycles. The molecule has 0 saturated carbocycles. The predicted molar refractivity (Wildman–Crippen MR) is 112 cm³/mol. The Morgan fingerprint density at radius 1 is 0.844 bits per heavy atom. The minimum absolute atomic E-state index is 0.178. The maximum absolute atomic E-state index is 13.5. The molecule has 0 spiro atoms. The van der Waals surface area contributed by atoms with Crippen LogP contribution in [-0.2, 0) is 14.4 Å². The van der Waals surface area contributed by atoms with Crippen LogP contribution >= 0.6 is 0 Å². The highest BCUT2D eigenvalue weighted by molar-refractivity contribution is 6.23. The largest absolute Gasteiger partial charge is 0.274 e. The third-order valence-corrected chi connectivity index (χ3v) is 5.66. The Hall–Kier alpha value is -4.11. The fourth-order valence-electron chi connectivity index (χ4n) is 4.28. The monoisotopic (exact) mass is 433 g/mol. The number of imide groups is 1. The zero-order valence-electron chi connectivity index (χ0n) is 16.5. The predicted octanol–water partition coefficient (Wildman–Crippen LogP) is 3.79. The molecule has 160 valence electrons. The first-order chi connectivity index (χ1) is 15.5. The van der Waals surface area contributed by atoms with Crippen molar-refractivity contribution in [3.05, 3.63) is 100 Å². The lowest BCUT2D eigenvalue weighted by atomic mass is 9.89. The summed E-state index contributed by atoms with van der Waals surface area (Å²) in [6.45, 7) is 0. The Kier molecular flexibility index (Phi) is 4.67. The van der Waals surface area contributed by atoms with Crippen molar-refractivity contribution in [3.63, 3.8) is 0 Å². The van der Waals surface area contributed by atoms with E-state index in [-0.39, 0.29) is 16.9 Å². The second-order valence-corrected chi connectivity index (χ2v) is 7.46. The second kappa shape index (κ2) is 7.54. The number of rotatable bonds is 4. The average molecular weight is 433 g/mol. The number of para-hydroxylation sites is 2. The molecule has 3 atom stereocenters. The normalized spacial score (nSPS) is 22.3. The summed E-state index contributed by atoms with van der Waals surface area (Å²) >= 11 is 0. The van der Waals surface area contributed by atoms with Crippen LogP contribution in [0.15, 0.2) is 78.9 Å². The molecule has 2 fully saturated rings. The van der Waals surface area contributed by atoms with E-state index in [1.165, 1.54) is 29.3 Å². The van der Waals surface area contributed by atoms with Crippen LogP contribution in [0.1, 0.15) is 11.6 Å². The number of amides is 2. The third kappa shape index (κ3) is 3.02. The van der Waals surface area contributed by atoms with Crippen molar-refractivity contribution in [2.24, 2.45) is 5.92 Å². The van der Waals surface area contributed by atoms with Gasteiger partial charge in [0.25, 0.3) is 11.6 Å². The minimum atomic E-state index is -1.17. The quantitative estimate of drug-likeness (QED) is 0.353. The van der Waals surface area contributed by atoms with Crippen molar-refractivity contribution in [1.29, 1.82) is 0 Å². The number of halogens is 1. The lowest BCUT2D eigenvalue weighted by Crippen LogP contribution is -2.37. The standard InChI is InChI=1S/C23H16FN3O5/c24-14-10-12-15(13-11-14)25-22(28)19-20(17-8-4-5-9-18(17)27(30)31)26(32-21(19)23(25)29)16-6-2-1-3-7-16/h1-13,19-21H. The number of carbonyl (C=O) groups excluding carboxylic acids is 2. The first kappa shape index (κ1) is 19.8. The van der Waals surface area contributed by atoms with Crippen LogP contribution < -0.4 is 9.96 Å². The van der Waals surface area contributed by atoms with Gasteiger partial charge in [-0.05, 0) is 42.5 Å². The van der Waals surface area contributed by atoms with Crippen LogP contribution in [-0.4, -0.2) is 22.8 Å². The van der Waals surface area contributed by atoms with Gasteiger partial charge in [0, 0.05) is 6.07 Å². The molecular formula is C23H16FN3O5. The molecule has 2 amide bonds. The van der Waals surface area contributed by atoms with Crippen molar-refractivity contribution >= 4 is 28.9 Å². The summed E-state index contributed by atoms with van der Waals surface area (Å²) in [7, 11) is 0. The molecule has 0 bridgehead atoms. The van der Waals surface area contributed by atoms with E-state index in [0.717, 1.165) is 17.0 Å².